The molecule has 12 N–H and O–H groups in total. The van der Waals surface area contributed by atoms with Gasteiger partial charge in [-0.1, -0.05) is 56.3 Å². The Kier molecular flexibility index (Phi) is 18.0. The normalized spacial score (nSPS) is 16.2. The lowest BCUT2D eigenvalue weighted by Crippen LogP contribution is -2.59. The molecule has 58 heavy (non-hydrogen) atoms. The van der Waals surface area contributed by atoms with Gasteiger partial charge >= 0.3 is 5.97 Å². The fourth-order valence-corrected chi connectivity index (χ4v) is 6.33. The summed E-state index contributed by atoms with van der Waals surface area (Å²) in [6, 6.07) is 6.77. The smallest absolute Gasteiger partial charge is 0.303 e. The summed E-state index contributed by atoms with van der Waals surface area (Å²) in [4.78, 5) is 105. The molecule has 19 nitrogen and oxygen atoms in total. The number of amides is 7. The fraction of sp³-hybridized carbons (Fsp3) is 0.487. The fourth-order valence-electron chi connectivity index (χ4n) is 6.33. The van der Waals surface area contributed by atoms with Crippen LogP contribution in [0.15, 0.2) is 54.6 Å². The van der Waals surface area contributed by atoms with Gasteiger partial charge in [0, 0.05) is 25.8 Å². The number of benzene rings is 2. The zero-order valence-electron chi connectivity index (χ0n) is 32.5. The summed E-state index contributed by atoms with van der Waals surface area (Å²) in [6.07, 6.45) is -0.286. The van der Waals surface area contributed by atoms with E-state index >= 15 is 0 Å². The molecule has 316 valence electrons. The van der Waals surface area contributed by atoms with Crippen LogP contribution in [0.1, 0.15) is 57.1 Å². The van der Waals surface area contributed by atoms with Crippen molar-refractivity contribution in [3.63, 3.8) is 0 Å². The molecule has 0 aromatic heterocycles. The first-order valence-corrected chi connectivity index (χ1v) is 19.0. The maximum Gasteiger partial charge on any atom is 0.303 e. The third kappa shape index (κ3) is 14.8. The minimum atomic E-state index is -1.54. The van der Waals surface area contributed by atoms with Crippen molar-refractivity contribution < 1.29 is 53.7 Å². The van der Waals surface area contributed by atoms with Gasteiger partial charge in [-0.15, -0.1) is 0 Å². The molecule has 1 aliphatic rings. The van der Waals surface area contributed by atoms with Crippen LogP contribution in [0.25, 0.3) is 0 Å². The number of hydrogen-bond acceptors (Lipinski definition) is 11. The maximum atomic E-state index is 14.0. The molecule has 1 fully saturated rings. The largest absolute Gasteiger partial charge is 0.508 e. The number of carbonyl (C=O) groups is 8. The van der Waals surface area contributed by atoms with Gasteiger partial charge in [-0.2, -0.15) is 0 Å². The van der Waals surface area contributed by atoms with Crippen molar-refractivity contribution in [2.75, 3.05) is 19.7 Å². The molecular formula is C39H54N8O11. The van der Waals surface area contributed by atoms with Crippen LogP contribution in [0.2, 0.25) is 0 Å². The van der Waals surface area contributed by atoms with Crippen molar-refractivity contribution >= 4 is 47.3 Å². The molecule has 19 heteroatoms. The summed E-state index contributed by atoms with van der Waals surface area (Å²) in [7, 11) is 0. The number of likely N-dealkylation sites (tertiary alicyclic amines) is 1. The molecular weight excluding hydrogens is 756 g/mol. The molecule has 0 radical (unpaired) electrons. The van der Waals surface area contributed by atoms with Gasteiger partial charge in [-0.05, 0) is 54.9 Å². The first-order chi connectivity index (χ1) is 27.5. The van der Waals surface area contributed by atoms with Gasteiger partial charge in [0.1, 0.15) is 42.0 Å². The minimum absolute atomic E-state index is 0.0250. The summed E-state index contributed by atoms with van der Waals surface area (Å²) >= 11 is 0. The van der Waals surface area contributed by atoms with E-state index in [0.29, 0.717) is 17.5 Å². The van der Waals surface area contributed by atoms with Crippen LogP contribution in [0.5, 0.6) is 5.75 Å². The zero-order valence-corrected chi connectivity index (χ0v) is 32.5. The number of primary amides is 1. The standard InChI is InChI=1S/C39H54N8O11/c1-22(2)17-28(34(41)53)43-32(50)20-42-35(54)29(18-23-7-4-3-5-8-23)45-36(55)27(14-15-33(51)52)44-37(56)30(19-24-10-12-25(49)13-11-24)46-38(57)31-9-6-16-47(31)39(58)26(40)21-48/h3-5,7-8,10-13,22,26-31,48-49H,6,9,14-21,40H2,1-2H3,(H2,41,53)(H,42,54)(H,43,50)(H,44,56)(H,45,55)(H,46,57)(H,51,52). The van der Waals surface area contributed by atoms with Crippen LogP contribution in [0, 0.1) is 5.92 Å². The molecule has 0 saturated carbocycles. The SMILES string of the molecule is CC(C)CC(NC(=O)CNC(=O)C(Cc1ccccc1)NC(=O)C(CCC(=O)O)NC(=O)C(Cc1ccc(O)cc1)NC(=O)C1CCCN1C(=O)C(N)CO)C(N)=O. The van der Waals surface area contributed by atoms with Crippen LogP contribution in [-0.2, 0) is 51.2 Å². The molecule has 3 rings (SSSR count). The zero-order chi connectivity index (χ0) is 42.9. The van der Waals surface area contributed by atoms with Crippen molar-refractivity contribution in [1.82, 2.24) is 31.5 Å². The van der Waals surface area contributed by atoms with Gasteiger partial charge < -0.3 is 58.3 Å². The molecule has 1 aliphatic heterocycles. The summed E-state index contributed by atoms with van der Waals surface area (Å²) in [6.45, 7) is 2.64. The predicted molar refractivity (Wildman–Crippen MR) is 208 cm³/mol. The van der Waals surface area contributed by atoms with Crippen molar-refractivity contribution in [1.29, 1.82) is 0 Å². The second kappa shape index (κ2) is 22.6. The van der Waals surface area contributed by atoms with E-state index in [1.165, 1.54) is 29.2 Å². The molecule has 7 amide bonds. The van der Waals surface area contributed by atoms with Crippen LogP contribution < -0.4 is 38.1 Å². The summed E-state index contributed by atoms with van der Waals surface area (Å²) in [5.41, 5.74) is 12.2. The highest BCUT2D eigenvalue weighted by atomic mass is 16.4. The Morgan fingerprint density at radius 2 is 1.38 bits per heavy atom. The molecule has 6 unspecified atom stereocenters. The Hall–Kier alpha value is -6.08. The molecule has 0 bridgehead atoms. The van der Waals surface area contributed by atoms with Crippen LogP contribution in [0.4, 0.5) is 0 Å². The molecule has 0 aliphatic carbocycles. The predicted octanol–water partition coefficient (Wildman–Crippen LogP) is -2.06. The average Bonchev–Trinajstić information content (AvgIpc) is 3.68. The maximum absolute atomic E-state index is 14.0. The minimum Gasteiger partial charge on any atom is -0.508 e. The Labute approximate surface area is 335 Å². The van der Waals surface area contributed by atoms with E-state index in [0.717, 1.165) is 0 Å². The number of hydrogen-bond donors (Lipinski definition) is 10. The molecule has 1 saturated heterocycles. The van der Waals surface area contributed by atoms with Crippen molar-refractivity contribution in [2.45, 2.75) is 95.0 Å². The third-order valence-electron chi connectivity index (χ3n) is 9.37. The highest BCUT2D eigenvalue weighted by Crippen LogP contribution is 2.19. The Balaban J connectivity index is 1.85. The van der Waals surface area contributed by atoms with Gasteiger partial charge in [-0.25, -0.2) is 0 Å². The number of aliphatic hydroxyl groups excluding tert-OH is 1. The molecule has 0 spiro atoms. The Morgan fingerprint density at radius 1 is 0.793 bits per heavy atom. The highest BCUT2D eigenvalue weighted by molar-refractivity contribution is 5.97. The Morgan fingerprint density at radius 3 is 1.97 bits per heavy atom. The lowest BCUT2D eigenvalue weighted by molar-refractivity contribution is -0.141. The number of nitrogens with zero attached hydrogens (tertiary/aromatic N) is 1. The lowest BCUT2D eigenvalue weighted by Gasteiger charge is -2.29. The average molecular weight is 811 g/mol. The second-order valence-electron chi connectivity index (χ2n) is 14.5. The number of aromatic hydroxyl groups is 1. The van der Waals surface area contributed by atoms with Crippen molar-refractivity contribution in [3.8, 4) is 5.75 Å². The number of carboxylic acid groups (broad SMARTS) is 1. The van der Waals surface area contributed by atoms with E-state index in [1.54, 1.807) is 30.3 Å². The summed E-state index contributed by atoms with van der Waals surface area (Å²) in [5, 5.41) is 41.3. The van der Waals surface area contributed by atoms with E-state index in [9.17, 15) is 53.7 Å². The molecule has 1 heterocycles. The van der Waals surface area contributed by atoms with Gasteiger partial charge in [0.15, 0.2) is 0 Å². The molecule has 2 aromatic rings. The van der Waals surface area contributed by atoms with Gasteiger partial charge in [0.05, 0.1) is 13.2 Å². The van der Waals surface area contributed by atoms with Gasteiger partial charge in [-0.3, -0.25) is 38.4 Å². The quantitative estimate of drug-likeness (QED) is 0.0614. The highest BCUT2D eigenvalue weighted by Gasteiger charge is 2.38. The van der Waals surface area contributed by atoms with Gasteiger partial charge in [0.25, 0.3) is 0 Å². The van der Waals surface area contributed by atoms with Gasteiger partial charge in [0.2, 0.25) is 41.4 Å². The van der Waals surface area contributed by atoms with Crippen LogP contribution in [0.3, 0.4) is 0 Å². The first kappa shape index (κ1) is 46.3. The van der Waals surface area contributed by atoms with Crippen molar-refractivity contribution in [2.24, 2.45) is 17.4 Å². The molecule has 2 aromatic carbocycles. The summed E-state index contributed by atoms with van der Waals surface area (Å²) in [5.74, 6) is -6.79. The number of phenols is 1. The first-order valence-electron chi connectivity index (χ1n) is 19.0. The topological polar surface area (TPSA) is 313 Å². The number of nitrogens with two attached hydrogens (primary N) is 2. The number of phenolic OH excluding ortho intramolecular Hbond substituents is 1. The van der Waals surface area contributed by atoms with E-state index in [2.05, 4.69) is 26.6 Å². The van der Waals surface area contributed by atoms with E-state index in [-0.39, 0.29) is 43.9 Å². The van der Waals surface area contributed by atoms with Crippen LogP contribution in [-0.4, -0.2) is 123 Å². The Bertz CT molecular complexity index is 1760. The number of carbonyl (C=O) groups excluding carboxylic acids is 7. The van der Waals surface area contributed by atoms with Crippen LogP contribution >= 0.6 is 0 Å². The van der Waals surface area contributed by atoms with E-state index < -0.39 is 110 Å². The number of nitrogens with one attached hydrogen (secondary N) is 5. The van der Waals surface area contributed by atoms with E-state index in [4.69, 9.17) is 11.5 Å². The summed E-state index contributed by atoms with van der Waals surface area (Å²) < 4.78 is 0. The third-order valence-corrected chi connectivity index (χ3v) is 9.37. The molecule has 6 atom stereocenters. The number of aliphatic hydroxyl groups is 1. The second-order valence-corrected chi connectivity index (χ2v) is 14.5. The number of rotatable bonds is 22. The van der Waals surface area contributed by atoms with E-state index in [1.807, 2.05) is 13.8 Å². The number of carboxylic acids is 1. The van der Waals surface area contributed by atoms with Crippen molar-refractivity contribution in [3.05, 3.63) is 65.7 Å². The monoisotopic (exact) mass is 810 g/mol. The number of aliphatic carboxylic acids is 1. The lowest BCUT2D eigenvalue weighted by atomic mass is 10.0.